The summed E-state index contributed by atoms with van der Waals surface area (Å²) in [6, 6.07) is 0. The standard InChI is InChI=1S/C10H19NO9S3.K/c12-4-5-7(13)8(14)9(15)10(19-5)22-6(2-1-3-21)11-20-23(16,17)18;/h5,7-10,12-15,21H,1-4H2,(H,16,17,18);/q;+1/p-1/b11-6-;/t5-,7-,8+,9-,10+;/m1./s1. The van der Waals surface area contributed by atoms with E-state index in [2.05, 4.69) is 22.1 Å². The Morgan fingerprint density at radius 3 is 2.42 bits per heavy atom. The fraction of sp³-hybridized carbons (Fsp3) is 0.900. The predicted molar refractivity (Wildman–Crippen MR) is 82.7 cm³/mol. The third-order valence-electron chi connectivity index (χ3n) is 2.88. The van der Waals surface area contributed by atoms with E-state index in [4.69, 9.17) is 9.84 Å². The van der Waals surface area contributed by atoms with Crippen molar-refractivity contribution in [1.29, 1.82) is 0 Å². The zero-order valence-electron chi connectivity index (χ0n) is 12.8. The van der Waals surface area contributed by atoms with Crippen LogP contribution in [0.15, 0.2) is 5.16 Å². The molecule has 1 heterocycles. The van der Waals surface area contributed by atoms with Crippen molar-refractivity contribution in [3.63, 3.8) is 0 Å². The first-order valence-corrected chi connectivity index (χ1v) is 9.33. The van der Waals surface area contributed by atoms with Crippen molar-refractivity contribution in [3.05, 3.63) is 0 Å². The summed E-state index contributed by atoms with van der Waals surface area (Å²) >= 11 is 4.70. The number of aliphatic hydroxyl groups is 4. The van der Waals surface area contributed by atoms with Gasteiger partial charge in [0.15, 0.2) is 0 Å². The number of thiol groups is 1. The maximum atomic E-state index is 10.5. The summed E-state index contributed by atoms with van der Waals surface area (Å²) < 4.78 is 40.5. The first-order valence-electron chi connectivity index (χ1n) is 6.49. The molecule has 0 aromatic carbocycles. The molecular formula is C10H18KNO9S3. The van der Waals surface area contributed by atoms with Crippen LogP contribution in [-0.2, 0) is 19.4 Å². The Labute approximate surface area is 191 Å². The maximum absolute atomic E-state index is 10.5. The maximum Gasteiger partial charge on any atom is 1.00 e. The molecule has 0 bridgehead atoms. The number of rotatable bonds is 7. The van der Waals surface area contributed by atoms with Crippen LogP contribution in [0.1, 0.15) is 12.8 Å². The second-order valence-electron chi connectivity index (χ2n) is 4.61. The average molecular weight is 432 g/mol. The molecule has 0 spiro atoms. The summed E-state index contributed by atoms with van der Waals surface area (Å²) in [7, 11) is -5.04. The number of ether oxygens (including phenoxy) is 1. The molecule has 1 aliphatic heterocycles. The third-order valence-corrected chi connectivity index (χ3v) is 4.63. The Kier molecular flexibility index (Phi) is 12.8. The molecule has 24 heavy (non-hydrogen) atoms. The van der Waals surface area contributed by atoms with E-state index in [9.17, 15) is 28.3 Å². The predicted octanol–water partition coefficient (Wildman–Crippen LogP) is -4.98. The zero-order chi connectivity index (χ0) is 17.6. The van der Waals surface area contributed by atoms with E-state index >= 15 is 0 Å². The number of thioether (sulfide) groups is 1. The van der Waals surface area contributed by atoms with Crippen molar-refractivity contribution >= 4 is 39.8 Å². The third kappa shape index (κ3) is 8.47. The van der Waals surface area contributed by atoms with Gasteiger partial charge in [0, 0.05) is 6.42 Å². The molecule has 0 amide bonds. The summed E-state index contributed by atoms with van der Waals surface area (Å²) in [5.41, 5.74) is -1.15. The van der Waals surface area contributed by atoms with Crippen molar-refractivity contribution < 1.29 is 93.8 Å². The van der Waals surface area contributed by atoms with Crippen LogP contribution in [0.5, 0.6) is 0 Å². The second kappa shape index (κ2) is 12.1. The van der Waals surface area contributed by atoms with Crippen LogP contribution in [0.3, 0.4) is 0 Å². The summed E-state index contributed by atoms with van der Waals surface area (Å²) in [6.07, 6.45) is -5.08. The zero-order valence-corrected chi connectivity index (χ0v) is 18.4. The normalized spacial score (nSPS) is 31.4. The molecule has 5 atom stereocenters. The molecule has 0 saturated carbocycles. The molecule has 0 aromatic rings. The Morgan fingerprint density at radius 2 is 1.92 bits per heavy atom. The molecule has 0 aliphatic carbocycles. The summed E-state index contributed by atoms with van der Waals surface area (Å²) in [6.45, 7) is -0.601. The Bertz CT molecular complexity index is 504. The minimum absolute atomic E-state index is 0. The smallest absolute Gasteiger partial charge is 0.714 e. The van der Waals surface area contributed by atoms with Crippen molar-refractivity contribution in [2.75, 3.05) is 12.4 Å². The van der Waals surface area contributed by atoms with Crippen LogP contribution in [0.4, 0.5) is 0 Å². The van der Waals surface area contributed by atoms with Gasteiger partial charge in [0.05, 0.1) is 6.61 Å². The molecule has 4 N–H and O–H groups in total. The van der Waals surface area contributed by atoms with Crippen molar-refractivity contribution in [1.82, 2.24) is 0 Å². The number of aliphatic hydroxyl groups excluding tert-OH is 4. The van der Waals surface area contributed by atoms with Gasteiger partial charge in [-0.15, -0.1) is 0 Å². The molecule has 1 rings (SSSR count). The van der Waals surface area contributed by atoms with Crippen LogP contribution in [0.2, 0.25) is 0 Å². The molecular weight excluding hydrogens is 413 g/mol. The average Bonchev–Trinajstić information content (AvgIpc) is 2.49. The number of hydrogen-bond acceptors (Lipinski definition) is 12. The van der Waals surface area contributed by atoms with Crippen molar-refractivity contribution in [2.24, 2.45) is 5.16 Å². The molecule has 0 radical (unpaired) electrons. The number of oxime groups is 1. The molecule has 0 unspecified atom stereocenters. The summed E-state index contributed by atoms with van der Waals surface area (Å²) in [5, 5.41) is 41.6. The van der Waals surface area contributed by atoms with Crippen LogP contribution in [0, 0.1) is 0 Å². The number of nitrogens with zero attached hydrogens (tertiary/aromatic N) is 1. The van der Waals surface area contributed by atoms with E-state index in [1.165, 1.54) is 0 Å². The largest absolute Gasteiger partial charge is 1.00 e. The van der Waals surface area contributed by atoms with Gasteiger partial charge >= 0.3 is 51.4 Å². The molecule has 1 saturated heterocycles. The minimum atomic E-state index is -5.04. The minimum Gasteiger partial charge on any atom is -0.714 e. The van der Waals surface area contributed by atoms with Gasteiger partial charge in [-0.2, -0.15) is 21.0 Å². The van der Waals surface area contributed by atoms with E-state index in [0.717, 1.165) is 0 Å². The Morgan fingerprint density at radius 1 is 1.29 bits per heavy atom. The molecule has 14 heteroatoms. The van der Waals surface area contributed by atoms with Gasteiger partial charge in [-0.05, 0) is 12.2 Å². The van der Waals surface area contributed by atoms with Gasteiger partial charge in [-0.1, -0.05) is 16.9 Å². The molecule has 136 valence electrons. The van der Waals surface area contributed by atoms with Gasteiger partial charge in [0.2, 0.25) is 0 Å². The van der Waals surface area contributed by atoms with E-state index in [-0.39, 0.29) is 62.8 Å². The Balaban J connectivity index is 0.00000529. The van der Waals surface area contributed by atoms with Gasteiger partial charge < -0.3 is 29.7 Å². The van der Waals surface area contributed by atoms with E-state index in [1.807, 2.05) is 0 Å². The van der Waals surface area contributed by atoms with Crippen LogP contribution >= 0.6 is 24.4 Å². The van der Waals surface area contributed by atoms with Gasteiger partial charge in [0.1, 0.15) is 34.9 Å². The van der Waals surface area contributed by atoms with E-state index < -0.39 is 46.9 Å². The monoisotopic (exact) mass is 431 g/mol. The SMILES string of the molecule is O=S(=O)([O-])O/N=C(/CCCS)S[C@@H]1O[C@H](CO)[C@@H](O)[C@H](O)[C@H]1O.[K+]. The number of hydrogen-bond donors (Lipinski definition) is 5. The molecule has 1 aliphatic rings. The fourth-order valence-electron chi connectivity index (χ4n) is 1.74. The van der Waals surface area contributed by atoms with Crippen LogP contribution < -0.4 is 51.4 Å². The van der Waals surface area contributed by atoms with E-state index in [0.29, 0.717) is 23.9 Å². The summed E-state index contributed by atoms with van der Waals surface area (Å²) in [5.74, 6) is 0.443. The Hall–Kier alpha value is 1.52. The fourth-order valence-corrected chi connectivity index (χ4v) is 3.24. The van der Waals surface area contributed by atoms with Crippen molar-refractivity contribution in [2.45, 2.75) is 42.7 Å². The molecule has 10 nitrogen and oxygen atoms in total. The second-order valence-corrected chi connectivity index (χ2v) is 7.19. The van der Waals surface area contributed by atoms with Gasteiger partial charge in [-0.25, -0.2) is 0 Å². The molecule has 0 aromatic heterocycles. The van der Waals surface area contributed by atoms with Crippen LogP contribution in [-0.4, -0.2) is 80.7 Å². The van der Waals surface area contributed by atoms with Gasteiger partial charge in [0.25, 0.3) is 10.4 Å². The summed E-state index contributed by atoms with van der Waals surface area (Å²) in [4.78, 5) is 0. The topological polar surface area (TPSA) is 169 Å². The van der Waals surface area contributed by atoms with Gasteiger partial charge in [-0.3, -0.25) is 4.28 Å². The van der Waals surface area contributed by atoms with Crippen LogP contribution in [0.25, 0.3) is 0 Å². The van der Waals surface area contributed by atoms with Crippen molar-refractivity contribution in [3.8, 4) is 0 Å². The van der Waals surface area contributed by atoms with E-state index in [1.54, 1.807) is 0 Å². The molecule has 1 fully saturated rings. The quantitative estimate of drug-likeness (QED) is 0.0500. The first-order chi connectivity index (χ1) is 10.7. The first kappa shape index (κ1) is 25.5.